The predicted molar refractivity (Wildman–Crippen MR) is 81.4 cm³/mol. The predicted octanol–water partition coefficient (Wildman–Crippen LogP) is 0.323. The highest BCUT2D eigenvalue weighted by Gasteiger charge is 2.40. The molecular weight excluding hydrogens is 284 g/mol. The highest BCUT2D eigenvalue weighted by atomic mass is 16.5. The van der Waals surface area contributed by atoms with Crippen LogP contribution in [0.1, 0.15) is 30.3 Å². The van der Waals surface area contributed by atoms with Gasteiger partial charge in [0, 0.05) is 25.7 Å². The lowest BCUT2D eigenvalue weighted by atomic mass is 10.0. The lowest BCUT2D eigenvalue weighted by Crippen LogP contribution is -2.58. The Morgan fingerprint density at radius 1 is 1.45 bits per heavy atom. The first kappa shape index (κ1) is 16.5. The van der Waals surface area contributed by atoms with E-state index in [4.69, 9.17) is 4.74 Å². The van der Waals surface area contributed by atoms with E-state index < -0.39 is 5.60 Å². The molecule has 0 bridgehead atoms. The summed E-state index contributed by atoms with van der Waals surface area (Å²) in [5.41, 5.74) is 2.06. The van der Waals surface area contributed by atoms with Gasteiger partial charge in [-0.3, -0.25) is 14.7 Å². The summed E-state index contributed by atoms with van der Waals surface area (Å²) in [6, 6.07) is 0. The van der Waals surface area contributed by atoms with Crippen molar-refractivity contribution >= 4 is 11.8 Å². The van der Waals surface area contributed by atoms with Crippen molar-refractivity contribution in [3.8, 4) is 0 Å². The zero-order chi connectivity index (χ0) is 16.3. The second-order valence-electron chi connectivity index (χ2n) is 5.89. The van der Waals surface area contributed by atoms with E-state index in [1.54, 1.807) is 18.9 Å². The number of aromatic amines is 1. The molecule has 1 saturated heterocycles. The van der Waals surface area contributed by atoms with Crippen molar-refractivity contribution in [3.05, 3.63) is 17.0 Å². The SMILES string of the molecule is CNC(=O)C1(C)CN(C(=O)CCc2c(C)n[nH]c2C)CCO1. The molecule has 2 heterocycles. The van der Waals surface area contributed by atoms with Crippen LogP contribution in [0, 0.1) is 13.8 Å². The average molecular weight is 308 g/mol. The standard InChI is InChI=1S/C15H24N4O3/c1-10-12(11(2)18-17-10)5-6-13(20)19-7-8-22-15(3,9-19)14(21)16-4/h5-9H2,1-4H3,(H,16,21)(H,17,18). The first-order chi connectivity index (χ1) is 10.4. The first-order valence-electron chi connectivity index (χ1n) is 7.51. The average Bonchev–Trinajstić information content (AvgIpc) is 2.82. The van der Waals surface area contributed by atoms with Crippen molar-refractivity contribution in [2.45, 2.75) is 39.2 Å². The minimum atomic E-state index is -0.968. The molecule has 0 saturated carbocycles. The molecule has 0 radical (unpaired) electrons. The molecule has 1 fully saturated rings. The molecular formula is C15H24N4O3. The van der Waals surface area contributed by atoms with E-state index >= 15 is 0 Å². The van der Waals surface area contributed by atoms with Gasteiger partial charge in [0.25, 0.3) is 5.91 Å². The number of carbonyl (C=O) groups is 2. The number of carbonyl (C=O) groups excluding carboxylic acids is 2. The number of H-pyrrole nitrogens is 1. The van der Waals surface area contributed by atoms with Gasteiger partial charge < -0.3 is 15.0 Å². The van der Waals surface area contributed by atoms with Crippen LogP contribution in [0.25, 0.3) is 0 Å². The molecule has 122 valence electrons. The van der Waals surface area contributed by atoms with Gasteiger partial charge in [0.15, 0.2) is 5.60 Å². The van der Waals surface area contributed by atoms with Crippen LogP contribution in [0.15, 0.2) is 0 Å². The Hall–Kier alpha value is -1.89. The molecule has 7 nitrogen and oxygen atoms in total. The highest BCUT2D eigenvalue weighted by Crippen LogP contribution is 2.19. The van der Waals surface area contributed by atoms with E-state index in [0.717, 1.165) is 17.0 Å². The van der Waals surface area contributed by atoms with Gasteiger partial charge in [-0.1, -0.05) is 0 Å². The molecule has 1 aliphatic heterocycles. The fraction of sp³-hybridized carbons (Fsp3) is 0.667. The lowest BCUT2D eigenvalue weighted by molar-refractivity contribution is -0.162. The van der Waals surface area contributed by atoms with Crippen LogP contribution in [-0.2, 0) is 20.7 Å². The lowest BCUT2D eigenvalue weighted by Gasteiger charge is -2.39. The van der Waals surface area contributed by atoms with Crippen LogP contribution < -0.4 is 5.32 Å². The number of nitrogens with one attached hydrogen (secondary N) is 2. The number of amides is 2. The molecule has 2 rings (SSSR count). The zero-order valence-electron chi connectivity index (χ0n) is 13.7. The van der Waals surface area contributed by atoms with Gasteiger partial charge in [-0.05, 0) is 32.8 Å². The number of likely N-dealkylation sites (N-methyl/N-ethyl adjacent to an activating group) is 1. The summed E-state index contributed by atoms with van der Waals surface area (Å²) in [6.45, 7) is 6.79. The quantitative estimate of drug-likeness (QED) is 0.839. The van der Waals surface area contributed by atoms with Crippen molar-refractivity contribution in [1.29, 1.82) is 0 Å². The largest absolute Gasteiger partial charge is 0.362 e. The van der Waals surface area contributed by atoms with Gasteiger partial charge in [-0.2, -0.15) is 5.10 Å². The smallest absolute Gasteiger partial charge is 0.253 e. The Balaban J connectivity index is 1.96. The third-order valence-corrected chi connectivity index (χ3v) is 4.20. The Bertz CT molecular complexity index is 550. The van der Waals surface area contributed by atoms with E-state index in [1.807, 2.05) is 13.8 Å². The maximum absolute atomic E-state index is 12.4. The molecule has 22 heavy (non-hydrogen) atoms. The van der Waals surface area contributed by atoms with Gasteiger partial charge in [0.1, 0.15) is 0 Å². The number of ether oxygens (including phenoxy) is 1. The number of aryl methyl sites for hydroxylation is 2. The van der Waals surface area contributed by atoms with Crippen LogP contribution >= 0.6 is 0 Å². The summed E-state index contributed by atoms with van der Waals surface area (Å²) in [6.07, 6.45) is 1.06. The molecule has 1 aliphatic rings. The molecule has 1 aromatic rings. The highest BCUT2D eigenvalue weighted by molar-refractivity contribution is 5.86. The Labute approximate surface area is 130 Å². The topological polar surface area (TPSA) is 87.3 Å². The summed E-state index contributed by atoms with van der Waals surface area (Å²) >= 11 is 0. The van der Waals surface area contributed by atoms with Crippen molar-refractivity contribution in [1.82, 2.24) is 20.4 Å². The normalized spacial score (nSPS) is 21.7. The maximum atomic E-state index is 12.4. The van der Waals surface area contributed by atoms with Gasteiger partial charge in [0.2, 0.25) is 5.91 Å². The van der Waals surface area contributed by atoms with Crippen LogP contribution in [0.4, 0.5) is 0 Å². The number of nitrogens with zero attached hydrogens (tertiary/aromatic N) is 2. The molecule has 1 aromatic heterocycles. The van der Waals surface area contributed by atoms with Crippen LogP contribution in [0.3, 0.4) is 0 Å². The van der Waals surface area contributed by atoms with Crippen molar-refractivity contribution in [2.24, 2.45) is 0 Å². The Morgan fingerprint density at radius 2 is 2.18 bits per heavy atom. The number of hydrogen-bond donors (Lipinski definition) is 2. The second kappa shape index (κ2) is 6.48. The number of morpholine rings is 1. The van der Waals surface area contributed by atoms with Crippen LogP contribution in [0.2, 0.25) is 0 Å². The molecule has 0 spiro atoms. The fourth-order valence-corrected chi connectivity index (χ4v) is 2.82. The molecule has 0 aromatic carbocycles. The molecule has 7 heteroatoms. The van der Waals surface area contributed by atoms with Gasteiger partial charge in [0.05, 0.1) is 18.8 Å². The molecule has 2 N–H and O–H groups in total. The van der Waals surface area contributed by atoms with Crippen molar-refractivity contribution in [2.75, 3.05) is 26.7 Å². The maximum Gasteiger partial charge on any atom is 0.253 e. The van der Waals surface area contributed by atoms with Crippen molar-refractivity contribution in [3.63, 3.8) is 0 Å². The minimum Gasteiger partial charge on any atom is -0.362 e. The third-order valence-electron chi connectivity index (χ3n) is 4.20. The monoisotopic (exact) mass is 308 g/mol. The van der Waals surface area contributed by atoms with E-state index in [-0.39, 0.29) is 18.4 Å². The fourth-order valence-electron chi connectivity index (χ4n) is 2.82. The summed E-state index contributed by atoms with van der Waals surface area (Å²) in [4.78, 5) is 26.0. The summed E-state index contributed by atoms with van der Waals surface area (Å²) in [7, 11) is 1.57. The van der Waals surface area contributed by atoms with E-state index in [0.29, 0.717) is 26.0 Å². The summed E-state index contributed by atoms with van der Waals surface area (Å²) in [5.74, 6) is -0.162. The summed E-state index contributed by atoms with van der Waals surface area (Å²) < 4.78 is 5.57. The zero-order valence-corrected chi connectivity index (χ0v) is 13.7. The van der Waals surface area contributed by atoms with Crippen LogP contribution in [0.5, 0.6) is 0 Å². The van der Waals surface area contributed by atoms with E-state index in [9.17, 15) is 9.59 Å². The molecule has 2 amide bonds. The number of rotatable bonds is 4. The minimum absolute atomic E-state index is 0.0402. The molecule has 1 unspecified atom stereocenters. The van der Waals surface area contributed by atoms with Crippen molar-refractivity contribution < 1.29 is 14.3 Å². The number of aromatic nitrogens is 2. The van der Waals surface area contributed by atoms with E-state index in [1.165, 1.54) is 0 Å². The van der Waals surface area contributed by atoms with Crippen LogP contribution in [-0.4, -0.2) is 59.3 Å². The van der Waals surface area contributed by atoms with Gasteiger partial charge >= 0.3 is 0 Å². The summed E-state index contributed by atoms with van der Waals surface area (Å²) in [5, 5.41) is 9.66. The Morgan fingerprint density at radius 3 is 2.77 bits per heavy atom. The molecule has 0 aliphatic carbocycles. The first-order valence-corrected chi connectivity index (χ1v) is 7.51. The van der Waals surface area contributed by atoms with E-state index in [2.05, 4.69) is 15.5 Å². The Kier molecular flexibility index (Phi) is 4.85. The third kappa shape index (κ3) is 3.30. The number of hydrogen-bond acceptors (Lipinski definition) is 4. The molecule has 1 atom stereocenters. The second-order valence-corrected chi connectivity index (χ2v) is 5.89. The van der Waals surface area contributed by atoms with Gasteiger partial charge in [-0.25, -0.2) is 0 Å². The van der Waals surface area contributed by atoms with Gasteiger partial charge in [-0.15, -0.1) is 0 Å².